The minimum atomic E-state index is 0.0867. The van der Waals surface area contributed by atoms with Gasteiger partial charge in [0.25, 0.3) is 0 Å². The fourth-order valence-electron chi connectivity index (χ4n) is 4.91. The van der Waals surface area contributed by atoms with Crippen molar-refractivity contribution in [2.75, 3.05) is 31.6 Å². The van der Waals surface area contributed by atoms with Gasteiger partial charge in [0.2, 0.25) is 5.91 Å². The summed E-state index contributed by atoms with van der Waals surface area (Å²) >= 11 is 0. The molecule has 5 nitrogen and oxygen atoms in total. The van der Waals surface area contributed by atoms with Crippen molar-refractivity contribution in [2.24, 2.45) is 0 Å². The van der Waals surface area contributed by atoms with E-state index in [0.29, 0.717) is 19.1 Å². The molecule has 3 aromatic carbocycles. The van der Waals surface area contributed by atoms with E-state index in [0.717, 1.165) is 30.9 Å². The van der Waals surface area contributed by atoms with Gasteiger partial charge in [0, 0.05) is 37.8 Å². The molecule has 3 aromatic rings. The number of ether oxygens (including phenoxy) is 1. The number of amides is 1. The van der Waals surface area contributed by atoms with Crippen LogP contribution in [0.25, 0.3) is 11.1 Å². The first-order chi connectivity index (χ1) is 17.1. The minimum Gasteiger partial charge on any atom is -0.489 e. The Bertz CT molecular complexity index is 1110. The molecule has 1 heterocycles. The van der Waals surface area contributed by atoms with Crippen molar-refractivity contribution in [3.05, 3.63) is 84.4 Å². The first kappa shape index (κ1) is 23.4. The zero-order chi connectivity index (χ0) is 24.2. The summed E-state index contributed by atoms with van der Waals surface area (Å²) in [5.74, 6) is 1.10. The lowest BCUT2D eigenvalue weighted by Crippen LogP contribution is -2.61. The summed E-state index contributed by atoms with van der Waals surface area (Å²) in [6.07, 6.45) is 3.01. The highest BCUT2D eigenvalue weighted by atomic mass is 16.5. The molecule has 1 atom stereocenters. The van der Waals surface area contributed by atoms with Crippen molar-refractivity contribution >= 4 is 11.6 Å². The molecule has 1 aliphatic carbocycles. The number of piperazine rings is 1. The Morgan fingerprint density at radius 3 is 2.26 bits per heavy atom. The monoisotopic (exact) mass is 469 g/mol. The van der Waals surface area contributed by atoms with E-state index >= 15 is 0 Å². The Kier molecular flexibility index (Phi) is 7.05. The van der Waals surface area contributed by atoms with Crippen molar-refractivity contribution in [1.29, 1.82) is 0 Å². The molecule has 5 rings (SSSR count). The standard InChI is InChI=1S/C30H35N3O2/c1-3-30(34)32-20-19-31(2)21-29(32)33(26-13-14-26)27-15-17-28(18-16-27)35-22-23-9-11-25(12-10-23)24-7-5-4-6-8-24/h4-12,15-18,26,29H,3,13-14,19-22H2,1-2H3. The van der Waals surface area contributed by atoms with Gasteiger partial charge >= 0.3 is 0 Å². The molecule has 2 fully saturated rings. The molecule has 1 saturated carbocycles. The van der Waals surface area contributed by atoms with Gasteiger partial charge in [0.1, 0.15) is 18.5 Å². The van der Waals surface area contributed by atoms with Crippen molar-refractivity contribution in [3.8, 4) is 16.9 Å². The van der Waals surface area contributed by atoms with Crippen LogP contribution in [0.4, 0.5) is 5.69 Å². The van der Waals surface area contributed by atoms with Crippen molar-refractivity contribution < 1.29 is 9.53 Å². The van der Waals surface area contributed by atoms with Crippen molar-refractivity contribution in [3.63, 3.8) is 0 Å². The predicted molar refractivity (Wildman–Crippen MR) is 141 cm³/mol. The van der Waals surface area contributed by atoms with E-state index in [1.54, 1.807) is 0 Å². The lowest BCUT2D eigenvalue weighted by molar-refractivity contribution is -0.135. The van der Waals surface area contributed by atoms with E-state index in [1.807, 2.05) is 13.0 Å². The summed E-state index contributed by atoms with van der Waals surface area (Å²) in [4.78, 5) is 19.6. The second-order valence-corrected chi connectivity index (χ2v) is 9.67. The van der Waals surface area contributed by atoms with Crippen LogP contribution in [0.3, 0.4) is 0 Å². The second kappa shape index (κ2) is 10.5. The molecule has 0 aromatic heterocycles. The molecule has 2 aliphatic rings. The highest BCUT2D eigenvalue weighted by Crippen LogP contribution is 2.36. The third kappa shape index (κ3) is 5.51. The van der Waals surface area contributed by atoms with E-state index in [9.17, 15) is 4.79 Å². The zero-order valence-electron chi connectivity index (χ0n) is 20.8. The molecular weight excluding hydrogens is 434 g/mol. The number of carbonyl (C=O) groups excluding carboxylic acids is 1. The van der Waals surface area contributed by atoms with E-state index in [2.05, 4.69) is 94.5 Å². The Morgan fingerprint density at radius 1 is 0.914 bits per heavy atom. The van der Waals surface area contributed by atoms with Crippen LogP contribution >= 0.6 is 0 Å². The molecule has 1 unspecified atom stereocenters. The Labute approximate surface area is 208 Å². The van der Waals surface area contributed by atoms with Crippen LogP contribution in [0.5, 0.6) is 5.75 Å². The fourth-order valence-corrected chi connectivity index (χ4v) is 4.91. The van der Waals surface area contributed by atoms with Gasteiger partial charge in [-0.15, -0.1) is 0 Å². The van der Waals surface area contributed by atoms with E-state index in [4.69, 9.17) is 4.74 Å². The summed E-state index contributed by atoms with van der Waals surface area (Å²) in [6, 6.07) is 27.9. The van der Waals surface area contributed by atoms with Gasteiger partial charge in [-0.25, -0.2) is 0 Å². The van der Waals surface area contributed by atoms with Gasteiger partial charge in [0.05, 0.1) is 0 Å². The van der Waals surface area contributed by atoms with E-state index < -0.39 is 0 Å². The number of rotatable bonds is 8. The number of nitrogens with zero attached hydrogens (tertiary/aromatic N) is 3. The van der Waals surface area contributed by atoms with Gasteiger partial charge in [-0.2, -0.15) is 0 Å². The molecule has 182 valence electrons. The second-order valence-electron chi connectivity index (χ2n) is 9.67. The first-order valence-electron chi connectivity index (χ1n) is 12.8. The number of anilines is 1. The number of likely N-dealkylation sites (N-methyl/N-ethyl adjacent to an activating group) is 1. The minimum absolute atomic E-state index is 0.0867. The van der Waals surface area contributed by atoms with Crippen LogP contribution in [0.15, 0.2) is 78.9 Å². The Morgan fingerprint density at radius 2 is 1.60 bits per heavy atom. The highest BCUT2D eigenvalue weighted by molar-refractivity contribution is 5.77. The number of carbonyl (C=O) groups is 1. The average molecular weight is 470 g/mol. The quantitative estimate of drug-likeness (QED) is 0.442. The summed E-state index contributed by atoms with van der Waals surface area (Å²) in [7, 11) is 2.15. The van der Waals surface area contributed by atoms with E-state index in [-0.39, 0.29) is 12.1 Å². The van der Waals surface area contributed by atoms with Gasteiger partial charge < -0.3 is 19.4 Å². The largest absolute Gasteiger partial charge is 0.489 e. The lowest BCUT2D eigenvalue weighted by Gasteiger charge is -2.46. The van der Waals surface area contributed by atoms with Crippen LogP contribution in [0.1, 0.15) is 31.7 Å². The SMILES string of the molecule is CCC(=O)N1CCN(C)CC1N(c1ccc(OCc2ccc(-c3ccccc3)cc2)cc1)C1CC1. The fraction of sp³-hybridized carbons (Fsp3) is 0.367. The zero-order valence-corrected chi connectivity index (χ0v) is 20.8. The average Bonchev–Trinajstić information content (AvgIpc) is 3.74. The first-order valence-corrected chi connectivity index (χ1v) is 12.8. The summed E-state index contributed by atoms with van der Waals surface area (Å²) in [5.41, 5.74) is 4.75. The smallest absolute Gasteiger partial charge is 0.224 e. The third-order valence-corrected chi connectivity index (χ3v) is 7.04. The molecule has 35 heavy (non-hydrogen) atoms. The molecule has 0 radical (unpaired) electrons. The number of hydrogen-bond acceptors (Lipinski definition) is 4. The molecule has 0 N–H and O–H groups in total. The third-order valence-electron chi connectivity index (χ3n) is 7.04. The maximum atomic E-state index is 12.7. The summed E-state index contributed by atoms with van der Waals surface area (Å²) < 4.78 is 6.10. The molecule has 0 spiro atoms. The van der Waals surface area contributed by atoms with Gasteiger partial charge in [0.15, 0.2) is 0 Å². The maximum Gasteiger partial charge on any atom is 0.224 e. The van der Waals surface area contributed by atoms with Crippen LogP contribution < -0.4 is 9.64 Å². The molecule has 1 saturated heterocycles. The van der Waals surface area contributed by atoms with E-state index in [1.165, 1.54) is 29.7 Å². The Hall–Kier alpha value is -3.31. The summed E-state index contributed by atoms with van der Waals surface area (Å²) in [5, 5.41) is 0. The van der Waals surface area contributed by atoms with Crippen LogP contribution in [0.2, 0.25) is 0 Å². The van der Waals surface area contributed by atoms with Crippen molar-refractivity contribution in [2.45, 2.75) is 45.0 Å². The Balaban J connectivity index is 1.25. The molecule has 0 bridgehead atoms. The lowest BCUT2D eigenvalue weighted by atomic mass is 10.0. The highest BCUT2D eigenvalue weighted by Gasteiger charge is 2.40. The normalized spacial score (nSPS) is 18.3. The van der Waals surface area contributed by atoms with Crippen molar-refractivity contribution in [1.82, 2.24) is 9.80 Å². The van der Waals surface area contributed by atoms with Crippen LogP contribution in [-0.4, -0.2) is 54.6 Å². The molecule has 1 amide bonds. The topological polar surface area (TPSA) is 36.0 Å². The molecular formula is C30H35N3O2. The predicted octanol–water partition coefficient (Wildman–Crippen LogP) is 5.41. The van der Waals surface area contributed by atoms with Gasteiger partial charge in [-0.1, -0.05) is 61.5 Å². The number of benzene rings is 3. The van der Waals surface area contributed by atoms with Crippen LogP contribution in [0, 0.1) is 0 Å². The summed E-state index contributed by atoms with van der Waals surface area (Å²) in [6.45, 7) is 5.09. The number of hydrogen-bond donors (Lipinski definition) is 0. The molecule has 1 aliphatic heterocycles. The molecule has 5 heteroatoms. The van der Waals surface area contributed by atoms with Crippen LogP contribution in [-0.2, 0) is 11.4 Å². The van der Waals surface area contributed by atoms with Gasteiger partial charge in [-0.3, -0.25) is 4.79 Å². The maximum absolute atomic E-state index is 12.7. The van der Waals surface area contributed by atoms with Gasteiger partial charge in [-0.05, 0) is 60.8 Å².